The van der Waals surface area contributed by atoms with E-state index >= 15 is 0 Å². The summed E-state index contributed by atoms with van der Waals surface area (Å²) in [6.07, 6.45) is 0.617. The van der Waals surface area contributed by atoms with E-state index in [0.717, 1.165) is 10.9 Å². The summed E-state index contributed by atoms with van der Waals surface area (Å²) in [5.74, 6) is 0.698. The molecule has 6 heteroatoms. The molecule has 0 bridgehead atoms. The van der Waals surface area contributed by atoms with Crippen LogP contribution in [0, 0.1) is 6.92 Å². The van der Waals surface area contributed by atoms with Gasteiger partial charge in [-0.15, -0.1) is 0 Å². The summed E-state index contributed by atoms with van der Waals surface area (Å²) in [7, 11) is 1.54. The molecule has 0 spiro atoms. The zero-order chi connectivity index (χ0) is 19.4. The van der Waals surface area contributed by atoms with Crippen LogP contribution in [0.1, 0.15) is 18.1 Å². The van der Waals surface area contributed by atoms with Crippen LogP contribution in [-0.4, -0.2) is 19.6 Å². The van der Waals surface area contributed by atoms with E-state index in [0.29, 0.717) is 34.8 Å². The van der Waals surface area contributed by atoms with Crippen molar-refractivity contribution in [2.45, 2.75) is 20.3 Å². The summed E-state index contributed by atoms with van der Waals surface area (Å²) in [5.41, 5.74) is 2.25. The average molecular weight is 367 g/mol. The summed E-state index contributed by atoms with van der Waals surface area (Å²) in [6.45, 7) is 3.64. The molecule has 0 atom stereocenters. The van der Waals surface area contributed by atoms with E-state index in [1.807, 2.05) is 26.0 Å². The minimum atomic E-state index is -0.339. The maximum Gasteiger partial charge on any atom is 0.339 e. The molecule has 0 saturated heterocycles. The van der Waals surface area contributed by atoms with Crippen molar-refractivity contribution in [3.63, 3.8) is 0 Å². The number of hydrogen-bond acceptors (Lipinski definition) is 5. The molecule has 1 N–H and O–H groups in total. The highest BCUT2D eigenvalue weighted by molar-refractivity contribution is 5.93. The number of aryl methyl sites for hydroxylation is 1. The van der Waals surface area contributed by atoms with Crippen LogP contribution >= 0.6 is 0 Å². The second-order valence-electron chi connectivity index (χ2n) is 6.04. The summed E-state index contributed by atoms with van der Waals surface area (Å²) >= 11 is 0. The zero-order valence-corrected chi connectivity index (χ0v) is 15.5. The second kappa shape index (κ2) is 7.95. The van der Waals surface area contributed by atoms with Gasteiger partial charge < -0.3 is 19.2 Å². The predicted octanol–water partition coefficient (Wildman–Crippen LogP) is 3.69. The predicted molar refractivity (Wildman–Crippen MR) is 104 cm³/mol. The Balaban J connectivity index is 1.73. The molecule has 1 heterocycles. The van der Waals surface area contributed by atoms with Gasteiger partial charge >= 0.3 is 5.63 Å². The number of rotatable bonds is 6. The topological polar surface area (TPSA) is 77.8 Å². The Kier molecular flexibility index (Phi) is 5.45. The first-order valence-corrected chi connectivity index (χ1v) is 8.65. The Labute approximate surface area is 156 Å². The first-order valence-electron chi connectivity index (χ1n) is 8.65. The van der Waals surface area contributed by atoms with Crippen molar-refractivity contribution in [3.8, 4) is 11.5 Å². The maximum absolute atomic E-state index is 12.1. The van der Waals surface area contributed by atoms with Gasteiger partial charge in [-0.1, -0.05) is 19.1 Å². The van der Waals surface area contributed by atoms with E-state index in [-0.39, 0.29) is 18.1 Å². The molecular formula is C21H21NO5. The van der Waals surface area contributed by atoms with Crippen molar-refractivity contribution >= 4 is 22.6 Å². The van der Waals surface area contributed by atoms with Crippen molar-refractivity contribution in [1.82, 2.24) is 0 Å². The van der Waals surface area contributed by atoms with Crippen LogP contribution in [-0.2, 0) is 11.2 Å². The molecule has 1 aromatic heterocycles. The highest BCUT2D eigenvalue weighted by Gasteiger charge is 2.12. The van der Waals surface area contributed by atoms with Gasteiger partial charge in [0.05, 0.1) is 12.8 Å². The van der Waals surface area contributed by atoms with Gasteiger partial charge in [0.25, 0.3) is 5.91 Å². The summed E-state index contributed by atoms with van der Waals surface area (Å²) < 4.78 is 16.1. The number of fused-ring (bicyclic) bond motifs is 1. The Morgan fingerprint density at radius 2 is 1.96 bits per heavy atom. The fraction of sp³-hybridized carbons (Fsp3) is 0.238. The van der Waals surface area contributed by atoms with E-state index in [9.17, 15) is 9.59 Å². The summed E-state index contributed by atoms with van der Waals surface area (Å²) in [6, 6.07) is 12.3. The molecule has 0 radical (unpaired) electrons. The van der Waals surface area contributed by atoms with Crippen LogP contribution in [0.3, 0.4) is 0 Å². The number of anilines is 1. The van der Waals surface area contributed by atoms with Crippen LogP contribution in [0.4, 0.5) is 5.69 Å². The molecule has 3 aromatic rings. The van der Waals surface area contributed by atoms with E-state index in [1.165, 1.54) is 7.11 Å². The minimum Gasteiger partial charge on any atom is -0.495 e. The fourth-order valence-electron chi connectivity index (χ4n) is 2.96. The first-order chi connectivity index (χ1) is 13.0. The number of para-hydroxylation sites is 2. The lowest BCUT2D eigenvalue weighted by Gasteiger charge is -2.11. The number of carbonyl (C=O) groups is 1. The smallest absolute Gasteiger partial charge is 0.339 e. The van der Waals surface area contributed by atoms with Crippen molar-refractivity contribution in [2.75, 3.05) is 19.0 Å². The Hall–Kier alpha value is -3.28. The van der Waals surface area contributed by atoms with Gasteiger partial charge in [-0.05, 0) is 43.2 Å². The van der Waals surface area contributed by atoms with Gasteiger partial charge in [0.1, 0.15) is 17.1 Å². The molecule has 0 aliphatic rings. The van der Waals surface area contributed by atoms with Gasteiger partial charge in [-0.2, -0.15) is 0 Å². The van der Waals surface area contributed by atoms with Crippen LogP contribution in [0.5, 0.6) is 11.5 Å². The molecule has 0 aliphatic carbocycles. The average Bonchev–Trinajstić information content (AvgIpc) is 2.67. The molecule has 0 aliphatic heterocycles. The highest BCUT2D eigenvalue weighted by Crippen LogP contribution is 2.25. The quantitative estimate of drug-likeness (QED) is 0.672. The highest BCUT2D eigenvalue weighted by atomic mass is 16.5. The Morgan fingerprint density at radius 1 is 1.19 bits per heavy atom. The normalized spacial score (nSPS) is 10.6. The maximum atomic E-state index is 12.1. The molecule has 27 heavy (non-hydrogen) atoms. The van der Waals surface area contributed by atoms with Crippen LogP contribution in [0.25, 0.3) is 11.0 Å². The van der Waals surface area contributed by atoms with Gasteiger partial charge in [-0.25, -0.2) is 4.79 Å². The van der Waals surface area contributed by atoms with Gasteiger partial charge in [0.2, 0.25) is 0 Å². The van der Waals surface area contributed by atoms with Crippen LogP contribution in [0.2, 0.25) is 0 Å². The number of methoxy groups -OCH3 is 1. The SMILES string of the molecule is CCc1c(C)c2ccc(OCC(=O)Nc3ccccc3OC)cc2oc1=O. The van der Waals surface area contributed by atoms with Crippen molar-refractivity contribution in [3.05, 3.63) is 64.0 Å². The van der Waals surface area contributed by atoms with Crippen molar-refractivity contribution in [2.24, 2.45) is 0 Å². The van der Waals surface area contributed by atoms with Crippen LogP contribution in [0.15, 0.2) is 51.7 Å². The molecule has 0 fully saturated rings. The standard InChI is InChI=1S/C21H21NO5/c1-4-15-13(2)16-10-9-14(11-19(16)27-21(15)24)26-12-20(23)22-17-7-5-6-8-18(17)25-3/h5-11H,4,12H2,1-3H3,(H,22,23). The van der Waals surface area contributed by atoms with Crippen LogP contribution < -0.4 is 20.4 Å². The fourth-order valence-corrected chi connectivity index (χ4v) is 2.96. The first kappa shape index (κ1) is 18.5. The Morgan fingerprint density at radius 3 is 2.70 bits per heavy atom. The minimum absolute atomic E-state index is 0.181. The number of amides is 1. The molecule has 6 nitrogen and oxygen atoms in total. The zero-order valence-electron chi connectivity index (χ0n) is 15.5. The summed E-state index contributed by atoms with van der Waals surface area (Å²) in [5, 5.41) is 3.60. The van der Waals surface area contributed by atoms with Gasteiger partial charge in [0, 0.05) is 17.0 Å². The molecular weight excluding hydrogens is 346 g/mol. The third-order valence-corrected chi connectivity index (χ3v) is 4.36. The van der Waals surface area contributed by atoms with Gasteiger partial charge in [-0.3, -0.25) is 4.79 Å². The van der Waals surface area contributed by atoms with Crippen molar-refractivity contribution < 1.29 is 18.7 Å². The lowest BCUT2D eigenvalue weighted by molar-refractivity contribution is -0.118. The molecule has 0 saturated carbocycles. The number of carbonyl (C=O) groups excluding carboxylic acids is 1. The Bertz CT molecular complexity index is 1040. The number of benzene rings is 2. The second-order valence-corrected chi connectivity index (χ2v) is 6.04. The van der Waals surface area contributed by atoms with E-state index < -0.39 is 0 Å². The van der Waals surface area contributed by atoms with Crippen molar-refractivity contribution in [1.29, 1.82) is 0 Å². The molecule has 1 amide bonds. The molecule has 2 aromatic carbocycles. The third-order valence-electron chi connectivity index (χ3n) is 4.36. The monoisotopic (exact) mass is 367 g/mol. The van der Waals surface area contributed by atoms with E-state index in [2.05, 4.69) is 5.32 Å². The molecule has 0 unspecified atom stereocenters. The largest absolute Gasteiger partial charge is 0.495 e. The summed E-state index contributed by atoms with van der Waals surface area (Å²) in [4.78, 5) is 24.2. The number of nitrogens with one attached hydrogen (secondary N) is 1. The third kappa shape index (κ3) is 3.95. The molecule has 140 valence electrons. The van der Waals surface area contributed by atoms with E-state index in [1.54, 1.807) is 30.3 Å². The molecule has 3 rings (SSSR count). The number of hydrogen-bond donors (Lipinski definition) is 1. The number of ether oxygens (including phenoxy) is 2. The lowest BCUT2D eigenvalue weighted by Crippen LogP contribution is -2.20. The lowest BCUT2D eigenvalue weighted by atomic mass is 10.0. The van der Waals surface area contributed by atoms with Gasteiger partial charge in [0.15, 0.2) is 6.61 Å². The van der Waals surface area contributed by atoms with E-state index in [4.69, 9.17) is 13.9 Å².